The molecule has 1 fully saturated rings. The minimum absolute atomic E-state index is 0.149. The molecule has 1 saturated heterocycles. The maximum atomic E-state index is 12.8. The highest BCUT2D eigenvalue weighted by molar-refractivity contribution is 8.26. The highest BCUT2D eigenvalue weighted by Gasteiger charge is 2.29. The number of aryl methyl sites for hydroxylation is 1. The molecule has 0 unspecified atom stereocenters. The lowest BCUT2D eigenvalue weighted by molar-refractivity contribution is -0.121. The minimum atomic E-state index is -0.603. The molecule has 0 spiro atoms. The monoisotopic (exact) mass is 453 g/mol. The third-order valence-electron chi connectivity index (χ3n) is 4.78. The Labute approximate surface area is 188 Å². The third kappa shape index (κ3) is 4.08. The van der Waals surface area contributed by atoms with E-state index in [4.69, 9.17) is 26.1 Å². The van der Waals surface area contributed by atoms with Crippen LogP contribution in [0, 0.1) is 6.92 Å². The number of benzene rings is 2. The highest BCUT2D eigenvalue weighted by Crippen LogP contribution is 2.35. The van der Waals surface area contributed by atoms with Crippen LogP contribution in [0.25, 0.3) is 17.0 Å². The van der Waals surface area contributed by atoms with Gasteiger partial charge >= 0.3 is 5.97 Å². The van der Waals surface area contributed by atoms with E-state index in [0.29, 0.717) is 27.2 Å². The van der Waals surface area contributed by atoms with Gasteiger partial charge in [-0.1, -0.05) is 48.2 Å². The summed E-state index contributed by atoms with van der Waals surface area (Å²) in [5.41, 5.74) is 2.08. The van der Waals surface area contributed by atoms with Crippen LogP contribution in [0.4, 0.5) is 0 Å². The number of amides is 1. The van der Waals surface area contributed by atoms with Crippen molar-refractivity contribution >= 4 is 57.2 Å². The van der Waals surface area contributed by atoms with Crippen LogP contribution < -0.4 is 9.47 Å². The van der Waals surface area contributed by atoms with Gasteiger partial charge in [0.1, 0.15) is 9.90 Å². The van der Waals surface area contributed by atoms with Crippen molar-refractivity contribution in [2.45, 2.75) is 13.8 Å². The second-order valence-electron chi connectivity index (χ2n) is 6.82. The number of hydrogen-bond acceptors (Lipinski definition) is 7. The van der Waals surface area contributed by atoms with Gasteiger partial charge < -0.3 is 13.9 Å². The van der Waals surface area contributed by atoms with Crippen LogP contribution in [0.5, 0.6) is 11.5 Å². The molecule has 1 aliphatic rings. The molecule has 2 aromatic carbocycles. The number of fused-ring (bicyclic) bond motifs is 1. The molecule has 0 radical (unpaired) electrons. The number of likely N-dealkylation sites (N-methyl/N-ethyl adjacent to an activating group) is 1. The molecule has 0 atom stereocenters. The van der Waals surface area contributed by atoms with Crippen LogP contribution in [0.2, 0.25) is 0 Å². The zero-order valence-corrected chi connectivity index (χ0v) is 18.8. The van der Waals surface area contributed by atoms with Gasteiger partial charge in [-0.05, 0) is 43.7 Å². The van der Waals surface area contributed by atoms with Crippen molar-refractivity contribution in [1.29, 1.82) is 0 Å². The molecule has 0 N–H and O–H groups in total. The molecule has 0 aliphatic carbocycles. The minimum Gasteiger partial charge on any atom is -0.490 e. The fourth-order valence-corrected chi connectivity index (χ4v) is 4.36. The van der Waals surface area contributed by atoms with Crippen molar-refractivity contribution in [3.8, 4) is 11.5 Å². The van der Waals surface area contributed by atoms with E-state index < -0.39 is 5.97 Å². The number of para-hydroxylation sites is 1. The largest absolute Gasteiger partial charge is 0.490 e. The zero-order chi connectivity index (χ0) is 22.1. The van der Waals surface area contributed by atoms with Crippen LogP contribution in [-0.4, -0.2) is 34.8 Å². The Bertz CT molecular complexity index is 1240. The Balaban J connectivity index is 1.62. The van der Waals surface area contributed by atoms with Gasteiger partial charge in [0.05, 0.1) is 11.5 Å². The molecule has 0 saturated carbocycles. The first kappa shape index (κ1) is 21.1. The Morgan fingerprint density at radius 1 is 1.23 bits per heavy atom. The molecule has 1 amide bonds. The Hall–Kier alpha value is -3.10. The summed E-state index contributed by atoms with van der Waals surface area (Å²) in [4.78, 5) is 27.0. The number of furan rings is 1. The van der Waals surface area contributed by atoms with Gasteiger partial charge in [0.2, 0.25) is 5.76 Å². The van der Waals surface area contributed by atoms with E-state index in [1.54, 1.807) is 37.4 Å². The molecule has 1 aromatic heterocycles. The lowest BCUT2D eigenvalue weighted by atomic mass is 10.1. The van der Waals surface area contributed by atoms with Crippen LogP contribution in [-0.2, 0) is 4.79 Å². The molecule has 1 aliphatic heterocycles. The van der Waals surface area contributed by atoms with Gasteiger partial charge in [0, 0.05) is 18.0 Å². The van der Waals surface area contributed by atoms with Crippen LogP contribution in [0.15, 0.2) is 51.8 Å². The third-order valence-corrected chi connectivity index (χ3v) is 6.27. The number of esters is 1. The number of thiocarbonyl (C=S) groups is 1. The van der Waals surface area contributed by atoms with Gasteiger partial charge in [-0.3, -0.25) is 9.69 Å². The summed E-state index contributed by atoms with van der Waals surface area (Å²) in [7, 11) is 1.65. The number of ether oxygens (including phenoxy) is 2. The quantitative estimate of drug-likeness (QED) is 0.228. The molecule has 8 heteroatoms. The van der Waals surface area contributed by atoms with Crippen LogP contribution >= 0.6 is 24.0 Å². The van der Waals surface area contributed by atoms with Gasteiger partial charge in [-0.15, -0.1) is 0 Å². The summed E-state index contributed by atoms with van der Waals surface area (Å²) >= 11 is 6.41. The summed E-state index contributed by atoms with van der Waals surface area (Å²) in [6.07, 6.45) is 1.74. The second-order valence-corrected chi connectivity index (χ2v) is 8.50. The molecule has 4 rings (SSSR count). The van der Waals surface area contributed by atoms with E-state index in [2.05, 4.69) is 0 Å². The lowest BCUT2D eigenvalue weighted by Crippen LogP contribution is -2.22. The van der Waals surface area contributed by atoms with E-state index in [9.17, 15) is 9.59 Å². The fraction of sp³-hybridized carbons (Fsp3) is 0.174. The van der Waals surface area contributed by atoms with Crippen molar-refractivity contribution in [1.82, 2.24) is 4.90 Å². The lowest BCUT2D eigenvalue weighted by Gasteiger charge is -2.11. The molecule has 2 heterocycles. The van der Waals surface area contributed by atoms with E-state index >= 15 is 0 Å². The molecule has 31 heavy (non-hydrogen) atoms. The zero-order valence-electron chi connectivity index (χ0n) is 17.1. The average molecular weight is 454 g/mol. The Morgan fingerprint density at radius 3 is 2.68 bits per heavy atom. The van der Waals surface area contributed by atoms with Gasteiger partial charge in [-0.2, -0.15) is 0 Å². The first-order valence-electron chi connectivity index (χ1n) is 9.57. The number of rotatable bonds is 5. The number of carbonyl (C=O) groups excluding carboxylic acids is 2. The summed E-state index contributed by atoms with van der Waals surface area (Å²) in [6, 6.07) is 12.5. The number of hydrogen-bond donors (Lipinski definition) is 0. The predicted molar refractivity (Wildman–Crippen MR) is 124 cm³/mol. The van der Waals surface area contributed by atoms with Crippen LogP contribution in [0.3, 0.4) is 0 Å². The fourth-order valence-electron chi connectivity index (χ4n) is 3.18. The van der Waals surface area contributed by atoms with Crippen molar-refractivity contribution in [3.63, 3.8) is 0 Å². The van der Waals surface area contributed by atoms with Crippen molar-refractivity contribution in [3.05, 3.63) is 64.3 Å². The number of thioether (sulfide) groups is 1. The Kier molecular flexibility index (Phi) is 5.84. The summed E-state index contributed by atoms with van der Waals surface area (Å²) in [6.45, 7) is 4.04. The maximum absolute atomic E-state index is 12.8. The van der Waals surface area contributed by atoms with E-state index in [-0.39, 0.29) is 17.4 Å². The normalized spacial score (nSPS) is 15.2. The SMILES string of the molecule is CCOc1cc(C=C2SC(=S)N(C)C2=O)ccc1OC(=O)c1oc2ccccc2c1C. The van der Waals surface area contributed by atoms with E-state index in [0.717, 1.165) is 16.5 Å². The molecule has 158 valence electrons. The summed E-state index contributed by atoms with van der Waals surface area (Å²) in [5, 5.41) is 0.864. The molecule has 0 bridgehead atoms. The standard InChI is InChI=1S/C23H19NO5S2/c1-4-27-18-11-14(12-19-21(25)24(3)23(30)31-19)9-10-17(18)29-22(26)20-13(2)15-7-5-6-8-16(15)28-20/h5-12H,4H2,1-3H3. The molecular weight excluding hydrogens is 434 g/mol. The number of nitrogens with zero attached hydrogens (tertiary/aromatic N) is 1. The second kappa shape index (κ2) is 8.56. The topological polar surface area (TPSA) is 69.0 Å². The first-order valence-corrected chi connectivity index (χ1v) is 10.8. The molecule has 3 aromatic rings. The summed E-state index contributed by atoms with van der Waals surface area (Å²) < 4.78 is 17.5. The van der Waals surface area contributed by atoms with Gasteiger partial charge in [0.15, 0.2) is 11.5 Å². The van der Waals surface area contributed by atoms with Gasteiger partial charge in [0.25, 0.3) is 5.91 Å². The van der Waals surface area contributed by atoms with Crippen LogP contribution in [0.1, 0.15) is 28.6 Å². The van der Waals surface area contributed by atoms with E-state index in [1.165, 1.54) is 16.7 Å². The predicted octanol–water partition coefficient (Wildman–Crippen LogP) is 5.19. The maximum Gasteiger partial charge on any atom is 0.380 e. The molecule has 6 nitrogen and oxygen atoms in total. The van der Waals surface area contributed by atoms with Crippen molar-refractivity contribution < 1.29 is 23.5 Å². The smallest absolute Gasteiger partial charge is 0.380 e. The van der Waals surface area contributed by atoms with E-state index in [1.807, 2.05) is 32.0 Å². The molecular formula is C23H19NO5S2. The summed E-state index contributed by atoms with van der Waals surface area (Å²) in [5.74, 6) is 0.0645. The first-order chi connectivity index (χ1) is 14.9. The number of carbonyl (C=O) groups is 2. The highest BCUT2D eigenvalue weighted by atomic mass is 32.2. The van der Waals surface area contributed by atoms with Gasteiger partial charge in [-0.25, -0.2) is 4.79 Å². The van der Waals surface area contributed by atoms with Crippen molar-refractivity contribution in [2.75, 3.05) is 13.7 Å². The van der Waals surface area contributed by atoms with Crippen molar-refractivity contribution in [2.24, 2.45) is 0 Å². The average Bonchev–Trinajstić information content (AvgIpc) is 3.22. The Morgan fingerprint density at radius 2 is 2.00 bits per heavy atom.